The summed E-state index contributed by atoms with van der Waals surface area (Å²) >= 11 is 0. The Morgan fingerprint density at radius 1 is 1.15 bits per heavy atom. The Labute approximate surface area is 116 Å². The lowest BCUT2D eigenvalue weighted by molar-refractivity contribution is -0.152. The molecule has 1 unspecified atom stereocenters. The molecule has 8 nitrogen and oxygen atoms in total. The third kappa shape index (κ3) is 2.20. The fourth-order valence-corrected chi connectivity index (χ4v) is 2.73. The maximum absolute atomic E-state index is 12.1. The van der Waals surface area contributed by atoms with Crippen LogP contribution in [-0.4, -0.2) is 71.8 Å². The van der Waals surface area contributed by atoms with Gasteiger partial charge in [0.2, 0.25) is 0 Å². The summed E-state index contributed by atoms with van der Waals surface area (Å²) in [5.41, 5.74) is 0. The van der Waals surface area contributed by atoms with Gasteiger partial charge in [-0.05, 0) is 19.3 Å². The van der Waals surface area contributed by atoms with E-state index in [9.17, 15) is 14.4 Å². The van der Waals surface area contributed by atoms with E-state index in [1.54, 1.807) is 0 Å². The number of imide groups is 1. The second-order valence-electron chi connectivity index (χ2n) is 5.08. The summed E-state index contributed by atoms with van der Waals surface area (Å²) in [5, 5.41) is 0.619. The van der Waals surface area contributed by atoms with E-state index in [0.29, 0.717) is 44.3 Å². The quantitative estimate of drug-likeness (QED) is 0.642. The number of nitrogens with zero attached hydrogens (tertiary/aromatic N) is 3. The topological polar surface area (TPSA) is 79.4 Å². The lowest BCUT2D eigenvalue weighted by Gasteiger charge is -2.27. The summed E-state index contributed by atoms with van der Waals surface area (Å²) in [6, 6.07) is -0.991. The van der Waals surface area contributed by atoms with Gasteiger partial charge in [0, 0.05) is 19.6 Å². The lowest BCUT2D eigenvalue weighted by atomic mass is 10.0. The number of hydrogen-bond donors (Lipinski definition) is 0. The smallest absolute Gasteiger partial charge is 0.378 e. The highest BCUT2D eigenvalue weighted by Gasteiger charge is 2.48. The van der Waals surface area contributed by atoms with Crippen LogP contribution < -0.4 is 0 Å². The predicted octanol–water partition coefficient (Wildman–Crippen LogP) is 0.187. The number of carbonyl (C=O) groups is 3. The minimum absolute atomic E-state index is 0.405. The molecule has 1 atom stereocenters. The van der Waals surface area contributed by atoms with Crippen LogP contribution in [0.15, 0.2) is 0 Å². The number of ether oxygens (including phenoxy) is 1. The van der Waals surface area contributed by atoms with Crippen molar-refractivity contribution in [1.82, 2.24) is 14.9 Å². The molecular weight excluding hydrogens is 266 g/mol. The number of carbonyl (C=O) groups excluding carboxylic acids is 3. The van der Waals surface area contributed by atoms with Crippen molar-refractivity contribution in [3.63, 3.8) is 0 Å². The molecule has 8 heteroatoms. The Morgan fingerprint density at radius 3 is 2.60 bits per heavy atom. The minimum Gasteiger partial charge on any atom is -0.378 e. The van der Waals surface area contributed by atoms with E-state index in [-0.39, 0.29) is 0 Å². The second-order valence-corrected chi connectivity index (χ2v) is 5.08. The maximum atomic E-state index is 12.1. The van der Waals surface area contributed by atoms with Gasteiger partial charge >= 0.3 is 12.1 Å². The first-order chi connectivity index (χ1) is 9.68. The molecule has 0 N–H and O–H groups in total. The molecule has 110 valence electrons. The van der Waals surface area contributed by atoms with E-state index < -0.39 is 24.1 Å². The van der Waals surface area contributed by atoms with Crippen LogP contribution in [0.25, 0.3) is 0 Å². The highest BCUT2D eigenvalue weighted by atomic mass is 16.7. The van der Waals surface area contributed by atoms with E-state index in [0.717, 1.165) is 12.8 Å². The SMILES string of the molecule is O=C(ON1C(=O)C2CCCCN2C1=O)N1CCOCC1. The molecule has 3 rings (SSSR count). The zero-order valence-electron chi connectivity index (χ0n) is 11.1. The zero-order chi connectivity index (χ0) is 14.1. The molecule has 0 aromatic rings. The summed E-state index contributed by atoms with van der Waals surface area (Å²) in [7, 11) is 0. The number of fused-ring (bicyclic) bond motifs is 1. The van der Waals surface area contributed by atoms with Crippen LogP contribution in [0.1, 0.15) is 19.3 Å². The first-order valence-electron chi connectivity index (χ1n) is 6.87. The van der Waals surface area contributed by atoms with Crippen molar-refractivity contribution < 1.29 is 24.0 Å². The molecule has 4 amide bonds. The number of piperidine rings is 1. The number of urea groups is 1. The highest BCUT2D eigenvalue weighted by molar-refractivity contribution is 6.03. The third-order valence-corrected chi connectivity index (χ3v) is 3.85. The van der Waals surface area contributed by atoms with Crippen molar-refractivity contribution in [3.05, 3.63) is 0 Å². The summed E-state index contributed by atoms with van der Waals surface area (Å²) in [6.07, 6.45) is 1.75. The average molecular weight is 283 g/mol. The van der Waals surface area contributed by atoms with Gasteiger partial charge in [-0.1, -0.05) is 5.06 Å². The molecule has 0 aliphatic carbocycles. The first-order valence-corrected chi connectivity index (χ1v) is 6.87. The molecule has 0 aromatic carbocycles. The van der Waals surface area contributed by atoms with E-state index >= 15 is 0 Å². The van der Waals surface area contributed by atoms with Gasteiger partial charge in [-0.25, -0.2) is 9.59 Å². The normalized spacial score (nSPS) is 26.8. The van der Waals surface area contributed by atoms with Gasteiger partial charge < -0.3 is 19.4 Å². The summed E-state index contributed by atoms with van der Waals surface area (Å²) in [6.45, 7) is 2.22. The Kier molecular flexibility index (Phi) is 3.47. The monoisotopic (exact) mass is 283 g/mol. The molecule has 0 saturated carbocycles. The van der Waals surface area contributed by atoms with E-state index in [2.05, 4.69) is 0 Å². The van der Waals surface area contributed by atoms with Gasteiger partial charge in [0.05, 0.1) is 13.2 Å². The van der Waals surface area contributed by atoms with E-state index in [4.69, 9.17) is 9.57 Å². The number of morpholine rings is 1. The number of hydrogen-bond acceptors (Lipinski definition) is 5. The number of rotatable bonds is 1. The summed E-state index contributed by atoms with van der Waals surface area (Å²) in [4.78, 5) is 44.0. The van der Waals surface area contributed by atoms with E-state index in [1.165, 1.54) is 9.80 Å². The van der Waals surface area contributed by atoms with E-state index in [1.807, 2.05) is 0 Å². The van der Waals surface area contributed by atoms with Crippen LogP contribution in [0.2, 0.25) is 0 Å². The molecule has 0 bridgehead atoms. The highest BCUT2D eigenvalue weighted by Crippen LogP contribution is 2.27. The van der Waals surface area contributed by atoms with Gasteiger partial charge in [0.25, 0.3) is 5.91 Å². The van der Waals surface area contributed by atoms with Crippen molar-refractivity contribution in [2.45, 2.75) is 25.3 Å². The Hall–Kier alpha value is -1.83. The second kappa shape index (κ2) is 5.28. The Morgan fingerprint density at radius 2 is 1.90 bits per heavy atom. The Balaban J connectivity index is 1.66. The minimum atomic E-state index is -0.671. The zero-order valence-corrected chi connectivity index (χ0v) is 11.1. The molecule has 0 radical (unpaired) electrons. The number of hydroxylamine groups is 2. The predicted molar refractivity (Wildman–Crippen MR) is 65.5 cm³/mol. The van der Waals surface area contributed by atoms with Crippen LogP contribution in [0, 0.1) is 0 Å². The molecule has 3 aliphatic heterocycles. The van der Waals surface area contributed by atoms with Crippen LogP contribution >= 0.6 is 0 Å². The van der Waals surface area contributed by atoms with Gasteiger partial charge in [-0.3, -0.25) is 4.79 Å². The molecular formula is C12H17N3O5. The molecule has 3 fully saturated rings. The summed E-state index contributed by atoms with van der Waals surface area (Å²) < 4.78 is 5.13. The Bertz CT molecular complexity index is 411. The standard InChI is InChI=1S/C12H17N3O5/c16-10-9-3-1-2-4-14(9)11(17)15(10)20-12(18)13-5-7-19-8-6-13/h9H,1-8H2. The molecule has 0 aromatic heterocycles. The average Bonchev–Trinajstić information content (AvgIpc) is 2.74. The van der Waals surface area contributed by atoms with Crippen molar-refractivity contribution >= 4 is 18.0 Å². The largest absolute Gasteiger partial charge is 0.435 e. The third-order valence-electron chi connectivity index (χ3n) is 3.85. The molecule has 3 saturated heterocycles. The molecule has 20 heavy (non-hydrogen) atoms. The van der Waals surface area contributed by atoms with Crippen molar-refractivity contribution in [1.29, 1.82) is 0 Å². The van der Waals surface area contributed by atoms with Gasteiger partial charge in [0.1, 0.15) is 6.04 Å². The lowest BCUT2D eigenvalue weighted by Crippen LogP contribution is -2.45. The fraction of sp³-hybridized carbons (Fsp3) is 0.750. The first kappa shape index (κ1) is 13.2. The fourth-order valence-electron chi connectivity index (χ4n) is 2.73. The molecule has 3 aliphatic rings. The van der Waals surface area contributed by atoms with Crippen molar-refractivity contribution in [2.24, 2.45) is 0 Å². The summed E-state index contributed by atoms with van der Waals surface area (Å²) in [5.74, 6) is -0.434. The van der Waals surface area contributed by atoms with Crippen LogP contribution in [0.4, 0.5) is 9.59 Å². The van der Waals surface area contributed by atoms with Crippen molar-refractivity contribution in [3.8, 4) is 0 Å². The molecule has 3 heterocycles. The maximum Gasteiger partial charge on any atom is 0.435 e. The van der Waals surface area contributed by atoms with Crippen molar-refractivity contribution in [2.75, 3.05) is 32.8 Å². The van der Waals surface area contributed by atoms with Gasteiger partial charge in [-0.15, -0.1) is 0 Å². The van der Waals surface area contributed by atoms with Crippen LogP contribution in [0.3, 0.4) is 0 Å². The molecule has 0 spiro atoms. The van der Waals surface area contributed by atoms with Gasteiger partial charge in [-0.2, -0.15) is 0 Å². The van der Waals surface area contributed by atoms with Crippen LogP contribution in [0.5, 0.6) is 0 Å². The number of amides is 4. The van der Waals surface area contributed by atoms with Gasteiger partial charge in [0.15, 0.2) is 0 Å². The van der Waals surface area contributed by atoms with Crippen LogP contribution in [-0.2, 0) is 14.4 Å².